The Morgan fingerprint density at radius 1 is 1.40 bits per heavy atom. The van der Waals surface area contributed by atoms with E-state index in [1.54, 1.807) is 0 Å². The van der Waals surface area contributed by atoms with Crippen molar-refractivity contribution in [2.24, 2.45) is 5.92 Å². The van der Waals surface area contributed by atoms with Crippen LogP contribution in [0.25, 0.3) is 0 Å². The molecule has 25 heavy (non-hydrogen) atoms. The molecule has 3 N–H and O–H groups in total. The Hall–Kier alpha value is -1.65. The summed E-state index contributed by atoms with van der Waals surface area (Å²) in [7, 11) is 1.36. The molecule has 0 saturated carbocycles. The van der Waals surface area contributed by atoms with Crippen LogP contribution in [0.3, 0.4) is 0 Å². The fourth-order valence-corrected chi connectivity index (χ4v) is 5.58. The van der Waals surface area contributed by atoms with Gasteiger partial charge in [0.15, 0.2) is 4.34 Å². The first kappa shape index (κ1) is 18.2. The first-order valence-electron chi connectivity index (χ1n) is 7.72. The van der Waals surface area contributed by atoms with Gasteiger partial charge in [-0.1, -0.05) is 30.0 Å². The number of carbonyl (C=O) groups excluding carboxylic acids is 2. The zero-order chi connectivity index (χ0) is 18.0. The summed E-state index contributed by atoms with van der Waals surface area (Å²) >= 11 is 3.98. The highest BCUT2D eigenvalue weighted by atomic mass is 32.2. The zero-order valence-electron chi connectivity index (χ0n) is 13.8. The molecule has 7 nitrogen and oxygen atoms in total. The Balaban J connectivity index is 1.74. The maximum absolute atomic E-state index is 12.3. The molecule has 2 aromatic rings. The molecule has 1 aliphatic carbocycles. The van der Waals surface area contributed by atoms with Gasteiger partial charge in [-0.3, -0.25) is 4.79 Å². The normalized spacial score (nSPS) is 16.3. The molecule has 10 heteroatoms. The van der Waals surface area contributed by atoms with Crippen LogP contribution in [0.1, 0.15) is 34.1 Å². The number of methoxy groups -OCH3 is 1. The quantitative estimate of drug-likeness (QED) is 0.589. The SMILES string of the molecule is COC(=O)c1c(NC(=O)CSc2nnc(N)s2)sc2c1CC[C@H](C)C2. The Morgan fingerprint density at radius 2 is 2.20 bits per heavy atom. The van der Waals surface area contributed by atoms with Gasteiger partial charge in [0, 0.05) is 4.88 Å². The number of nitrogens with two attached hydrogens (primary N) is 1. The van der Waals surface area contributed by atoms with Crippen molar-refractivity contribution in [3.8, 4) is 0 Å². The second-order valence-corrected chi connectivity index (χ2v) is 9.13. The molecule has 0 aromatic carbocycles. The van der Waals surface area contributed by atoms with E-state index in [2.05, 4.69) is 22.4 Å². The number of aromatic nitrogens is 2. The van der Waals surface area contributed by atoms with Gasteiger partial charge in [0.2, 0.25) is 11.0 Å². The molecule has 0 saturated heterocycles. The van der Waals surface area contributed by atoms with Crippen molar-refractivity contribution < 1.29 is 14.3 Å². The van der Waals surface area contributed by atoms with E-state index in [4.69, 9.17) is 10.5 Å². The molecule has 0 aliphatic heterocycles. The Labute approximate surface area is 157 Å². The third kappa shape index (κ3) is 4.13. The van der Waals surface area contributed by atoms with Crippen LogP contribution in [0.4, 0.5) is 10.1 Å². The third-order valence-corrected chi connectivity index (χ3v) is 6.96. The van der Waals surface area contributed by atoms with Gasteiger partial charge in [0.1, 0.15) is 5.00 Å². The van der Waals surface area contributed by atoms with Gasteiger partial charge in [-0.15, -0.1) is 21.5 Å². The van der Waals surface area contributed by atoms with Gasteiger partial charge >= 0.3 is 5.97 Å². The molecule has 0 spiro atoms. The highest BCUT2D eigenvalue weighted by Gasteiger charge is 2.28. The lowest BCUT2D eigenvalue weighted by molar-refractivity contribution is -0.113. The number of hydrogen-bond acceptors (Lipinski definition) is 9. The summed E-state index contributed by atoms with van der Waals surface area (Å²) in [6, 6.07) is 0. The average molecular weight is 399 g/mol. The van der Waals surface area contributed by atoms with Gasteiger partial charge in [-0.05, 0) is 30.7 Å². The monoisotopic (exact) mass is 398 g/mol. The Kier molecular flexibility index (Phi) is 5.60. The molecule has 2 aromatic heterocycles. The number of nitrogens with one attached hydrogen (secondary N) is 1. The number of amides is 1. The fraction of sp³-hybridized carbons (Fsp3) is 0.467. The summed E-state index contributed by atoms with van der Waals surface area (Å²) in [5, 5.41) is 11.4. The van der Waals surface area contributed by atoms with Crippen LogP contribution in [0, 0.1) is 5.92 Å². The van der Waals surface area contributed by atoms with Crippen LogP contribution < -0.4 is 11.1 Å². The molecule has 0 fully saturated rings. The second-order valence-electron chi connectivity index (χ2n) is 5.79. The summed E-state index contributed by atoms with van der Waals surface area (Å²) in [6.45, 7) is 2.20. The van der Waals surface area contributed by atoms with Crippen LogP contribution in [0.5, 0.6) is 0 Å². The van der Waals surface area contributed by atoms with E-state index in [-0.39, 0.29) is 11.7 Å². The molecule has 134 valence electrons. The molecule has 1 aliphatic rings. The van der Waals surface area contributed by atoms with Crippen molar-refractivity contribution in [3.05, 3.63) is 16.0 Å². The number of esters is 1. The van der Waals surface area contributed by atoms with Crippen LogP contribution in [-0.4, -0.2) is 34.9 Å². The lowest BCUT2D eigenvalue weighted by atomic mass is 9.88. The molecule has 1 amide bonds. The molecule has 0 bridgehead atoms. The van der Waals surface area contributed by atoms with Crippen molar-refractivity contribution >= 4 is 56.4 Å². The van der Waals surface area contributed by atoms with E-state index >= 15 is 0 Å². The number of nitrogens with zero attached hydrogens (tertiary/aromatic N) is 2. The number of nitrogen functional groups attached to an aromatic ring is 1. The van der Waals surface area contributed by atoms with Crippen molar-refractivity contribution in [1.82, 2.24) is 10.2 Å². The summed E-state index contributed by atoms with van der Waals surface area (Å²) < 4.78 is 5.56. The molecular formula is C15H18N4O3S3. The highest BCUT2D eigenvalue weighted by molar-refractivity contribution is 8.01. The highest BCUT2D eigenvalue weighted by Crippen LogP contribution is 2.40. The van der Waals surface area contributed by atoms with E-state index in [0.717, 1.165) is 24.8 Å². The minimum atomic E-state index is -0.396. The zero-order valence-corrected chi connectivity index (χ0v) is 16.3. The molecule has 0 radical (unpaired) electrons. The van der Waals surface area contributed by atoms with Crippen molar-refractivity contribution in [3.63, 3.8) is 0 Å². The molecule has 1 atom stereocenters. The second kappa shape index (κ2) is 7.71. The summed E-state index contributed by atoms with van der Waals surface area (Å²) in [5.74, 6) is 0.162. The van der Waals surface area contributed by atoms with Gasteiger partial charge in [-0.2, -0.15) is 0 Å². The average Bonchev–Trinajstić information content (AvgIpc) is 3.14. The predicted octanol–water partition coefficient (Wildman–Crippen LogP) is 2.82. The number of anilines is 2. The number of hydrogen-bond donors (Lipinski definition) is 2. The predicted molar refractivity (Wildman–Crippen MR) is 101 cm³/mol. The number of fused-ring (bicyclic) bond motifs is 1. The largest absolute Gasteiger partial charge is 0.465 e. The van der Waals surface area contributed by atoms with Crippen LogP contribution in [0.15, 0.2) is 4.34 Å². The van der Waals surface area contributed by atoms with Gasteiger partial charge in [-0.25, -0.2) is 4.79 Å². The Morgan fingerprint density at radius 3 is 2.88 bits per heavy atom. The van der Waals surface area contributed by atoms with Crippen LogP contribution in [-0.2, 0) is 22.4 Å². The summed E-state index contributed by atoms with van der Waals surface area (Å²) in [4.78, 5) is 25.7. The lowest BCUT2D eigenvalue weighted by Gasteiger charge is -2.18. The van der Waals surface area contributed by atoms with Crippen LogP contribution in [0.2, 0.25) is 0 Å². The molecule has 2 heterocycles. The van der Waals surface area contributed by atoms with Crippen molar-refractivity contribution in [2.75, 3.05) is 23.9 Å². The van der Waals surface area contributed by atoms with E-state index in [0.29, 0.717) is 26.0 Å². The van der Waals surface area contributed by atoms with E-state index in [9.17, 15) is 9.59 Å². The number of carbonyl (C=O) groups is 2. The van der Waals surface area contributed by atoms with E-state index in [1.807, 2.05) is 0 Å². The van der Waals surface area contributed by atoms with Gasteiger partial charge < -0.3 is 15.8 Å². The summed E-state index contributed by atoms with van der Waals surface area (Å²) in [5.41, 5.74) is 7.06. The molecule has 3 rings (SSSR count). The molecule has 0 unspecified atom stereocenters. The third-order valence-electron chi connectivity index (χ3n) is 3.90. The maximum atomic E-state index is 12.3. The van der Waals surface area contributed by atoms with Crippen molar-refractivity contribution in [2.45, 2.75) is 30.5 Å². The van der Waals surface area contributed by atoms with Gasteiger partial charge in [0.05, 0.1) is 18.4 Å². The first-order valence-corrected chi connectivity index (χ1v) is 10.3. The smallest absolute Gasteiger partial charge is 0.341 e. The number of thioether (sulfide) groups is 1. The number of thiophene rings is 1. The minimum Gasteiger partial charge on any atom is -0.465 e. The van der Waals surface area contributed by atoms with Crippen molar-refractivity contribution in [1.29, 1.82) is 0 Å². The maximum Gasteiger partial charge on any atom is 0.341 e. The van der Waals surface area contributed by atoms with E-state index in [1.165, 1.54) is 46.4 Å². The lowest BCUT2D eigenvalue weighted by Crippen LogP contribution is -2.17. The minimum absolute atomic E-state index is 0.175. The fourth-order valence-electron chi connectivity index (χ4n) is 2.73. The molecular weight excluding hydrogens is 380 g/mol. The first-order chi connectivity index (χ1) is 12.0. The number of ether oxygens (including phenoxy) is 1. The standard InChI is InChI=1S/C15H18N4O3S3/c1-7-3-4-8-9(5-7)24-12(11(8)13(21)22-2)17-10(20)6-23-15-19-18-14(16)25-15/h7H,3-6H2,1-2H3,(H2,16,18)(H,17,20)/t7-/m0/s1. The number of rotatable bonds is 5. The Bertz CT molecular complexity index is 802. The summed E-state index contributed by atoms with van der Waals surface area (Å²) in [6.07, 6.45) is 2.81. The van der Waals surface area contributed by atoms with E-state index < -0.39 is 5.97 Å². The van der Waals surface area contributed by atoms with Gasteiger partial charge in [0.25, 0.3) is 0 Å². The van der Waals surface area contributed by atoms with Crippen LogP contribution >= 0.6 is 34.4 Å². The topological polar surface area (TPSA) is 107 Å².